The minimum Gasteiger partial charge on any atom is -0.497 e. The zero-order valence-electron chi connectivity index (χ0n) is 20.0. The molecule has 0 radical (unpaired) electrons. The van der Waals surface area contributed by atoms with Crippen LogP contribution in [0.2, 0.25) is 0 Å². The molecule has 0 bridgehead atoms. The fourth-order valence-electron chi connectivity index (χ4n) is 4.73. The highest BCUT2D eigenvalue weighted by atomic mass is 16.5. The number of aliphatic imine (C=N–C) groups is 1. The van der Waals surface area contributed by atoms with Crippen LogP contribution >= 0.6 is 0 Å². The maximum atomic E-state index is 5.65. The standard InChI is InChI=1S/C28H27NO5/c1-30-18-7-6-16-10-23(22-15-27(34-5)26(33-4)14-21(22)19(16)12-18)28-20-13-25(32-3)24(31-2)11-17(20)8-9-29-28/h6-7,10-15H,8-9H2,1-5H3. The highest BCUT2D eigenvalue weighted by molar-refractivity contribution is 6.25. The highest BCUT2D eigenvalue weighted by Crippen LogP contribution is 2.41. The SMILES string of the molecule is COc1ccc2cc(C3=NCCc4cc(OC)c(OC)cc43)c3cc(OC)c(OC)cc3c2c1. The van der Waals surface area contributed by atoms with E-state index in [9.17, 15) is 0 Å². The van der Waals surface area contributed by atoms with Crippen LogP contribution in [-0.4, -0.2) is 47.8 Å². The van der Waals surface area contributed by atoms with E-state index in [1.165, 1.54) is 5.56 Å². The van der Waals surface area contributed by atoms with Gasteiger partial charge in [0.1, 0.15) is 5.75 Å². The van der Waals surface area contributed by atoms with Crippen molar-refractivity contribution in [2.45, 2.75) is 6.42 Å². The van der Waals surface area contributed by atoms with E-state index in [-0.39, 0.29) is 0 Å². The Kier molecular flexibility index (Phi) is 5.65. The Hall–Kier alpha value is -3.93. The molecule has 0 aromatic heterocycles. The molecule has 1 aliphatic rings. The average molecular weight is 458 g/mol. The summed E-state index contributed by atoms with van der Waals surface area (Å²) in [6.45, 7) is 0.702. The summed E-state index contributed by atoms with van der Waals surface area (Å²) in [6.07, 6.45) is 0.846. The lowest BCUT2D eigenvalue weighted by Crippen LogP contribution is -2.15. The molecule has 1 aliphatic heterocycles. The predicted molar refractivity (Wildman–Crippen MR) is 135 cm³/mol. The van der Waals surface area contributed by atoms with Crippen molar-refractivity contribution in [1.29, 1.82) is 0 Å². The number of hydrogen-bond acceptors (Lipinski definition) is 6. The van der Waals surface area contributed by atoms with Crippen LogP contribution in [-0.2, 0) is 6.42 Å². The fraction of sp³-hybridized carbons (Fsp3) is 0.250. The molecule has 174 valence electrons. The van der Waals surface area contributed by atoms with Crippen LogP contribution in [0, 0.1) is 0 Å². The van der Waals surface area contributed by atoms with Gasteiger partial charge < -0.3 is 23.7 Å². The van der Waals surface area contributed by atoms with Gasteiger partial charge in [0, 0.05) is 17.7 Å². The molecule has 0 fully saturated rings. The van der Waals surface area contributed by atoms with Crippen LogP contribution in [0.3, 0.4) is 0 Å². The van der Waals surface area contributed by atoms with Crippen molar-refractivity contribution in [2.24, 2.45) is 4.99 Å². The topological polar surface area (TPSA) is 58.5 Å². The molecule has 0 saturated heterocycles. The second-order valence-electron chi connectivity index (χ2n) is 8.11. The van der Waals surface area contributed by atoms with E-state index in [0.717, 1.165) is 56.3 Å². The van der Waals surface area contributed by atoms with Crippen LogP contribution in [0.4, 0.5) is 0 Å². The Morgan fingerprint density at radius 3 is 1.91 bits per heavy atom. The lowest BCUT2D eigenvalue weighted by Gasteiger charge is -2.22. The van der Waals surface area contributed by atoms with E-state index in [1.807, 2.05) is 24.3 Å². The van der Waals surface area contributed by atoms with E-state index in [4.69, 9.17) is 28.7 Å². The van der Waals surface area contributed by atoms with Gasteiger partial charge in [-0.05, 0) is 76.0 Å². The lowest BCUT2D eigenvalue weighted by atomic mass is 9.88. The zero-order chi connectivity index (χ0) is 23.8. The molecule has 0 N–H and O–H groups in total. The van der Waals surface area contributed by atoms with Crippen LogP contribution in [0.1, 0.15) is 16.7 Å². The number of fused-ring (bicyclic) bond motifs is 4. The van der Waals surface area contributed by atoms with Crippen LogP contribution in [0.15, 0.2) is 53.5 Å². The van der Waals surface area contributed by atoms with Gasteiger partial charge in [0.25, 0.3) is 0 Å². The van der Waals surface area contributed by atoms with Gasteiger partial charge in [0.2, 0.25) is 0 Å². The van der Waals surface area contributed by atoms with Crippen molar-refractivity contribution in [3.63, 3.8) is 0 Å². The molecule has 1 heterocycles. The number of hydrogen-bond donors (Lipinski definition) is 0. The molecule has 6 heteroatoms. The number of methoxy groups -OCH3 is 5. The largest absolute Gasteiger partial charge is 0.497 e. The molecular weight excluding hydrogens is 430 g/mol. The Morgan fingerprint density at radius 1 is 0.588 bits per heavy atom. The Morgan fingerprint density at radius 2 is 1.24 bits per heavy atom. The van der Waals surface area contributed by atoms with Gasteiger partial charge in [0.05, 0.1) is 41.3 Å². The molecule has 4 aromatic carbocycles. The van der Waals surface area contributed by atoms with E-state index >= 15 is 0 Å². The van der Waals surface area contributed by atoms with E-state index < -0.39 is 0 Å². The van der Waals surface area contributed by atoms with Crippen molar-refractivity contribution in [1.82, 2.24) is 0 Å². The first-order chi connectivity index (χ1) is 16.6. The summed E-state index contributed by atoms with van der Waals surface area (Å²) in [4.78, 5) is 4.98. The second-order valence-corrected chi connectivity index (χ2v) is 8.11. The summed E-state index contributed by atoms with van der Waals surface area (Å²) in [7, 11) is 8.29. The smallest absolute Gasteiger partial charge is 0.161 e. The predicted octanol–water partition coefficient (Wildman–Crippen LogP) is 5.43. The minimum absolute atomic E-state index is 0.669. The molecule has 4 aromatic rings. The van der Waals surface area contributed by atoms with Gasteiger partial charge in [-0.2, -0.15) is 0 Å². The summed E-state index contributed by atoms with van der Waals surface area (Å²) < 4.78 is 27.9. The number of ether oxygens (including phenoxy) is 5. The van der Waals surface area contributed by atoms with Crippen molar-refractivity contribution in [3.05, 3.63) is 65.2 Å². The number of nitrogens with zero attached hydrogens (tertiary/aromatic N) is 1. The van der Waals surface area contributed by atoms with Crippen molar-refractivity contribution >= 4 is 27.3 Å². The fourth-order valence-corrected chi connectivity index (χ4v) is 4.73. The molecule has 34 heavy (non-hydrogen) atoms. The monoisotopic (exact) mass is 457 g/mol. The third-order valence-electron chi connectivity index (χ3n) is 6.44. The van der Waals surface area contributed by atoms with E-state index in [0.29, 0.717) is 23.8 Å². The molecule has 5 rings (SSSR count). The summed E-state index contributed by atoms with van der Waals surface area (Å²) in [6, 6.07) is 16.4. The van der Waals surface area contributed by atoms with Crippen LogP contribution < -0.4 is 23.7 Å². The van der Waals surface area contributed by atoms with Gasteiger partial charge in [0.15, 0.2) is 23.0 Å². The summed E-state index contributed by atoms with van der Waals surface area (Å²) in [5.74, 6) is 3.55. The molecule has 0 amide bonds. The summed E-state index contributed by atoms with van der Waals surface area (Å²) in [5.41, 5.74) is 4.19. The first-order valence-electron chi connectivity index (χ1n) is 11.1. The second kappa shape index (κ2) is 8.78. The van der Waals surface area contributed by atoms with Crippen molar-refractivity contribution in [3.8, 4) is 28.7 Å². The summed E-state index contributed by atoms with van der Waals surface area (Å²) in [5, 5.41) is 4.23. The molecule has 0 unspecified atom stereocenters. The van der Waals surface area contributed by atoms with Gasteiger partial charge in [-0.15, -0.1) is 0 Å². The molecule has 6 nitrogen and oxygen atoms in total. The minimum atomic E-state index is 0.669. The number of rotatable bonds is 6. The van der Waals surface area contributed by atoms with Gasteiger partial charge in [-0.1, -0.05) is 6.07 Å². The summed E-state index contributed by atoms with van der Waals surface area (Å²) >= 11 is 0. The first kappa shape index (κ1) is 21.9. The van der Waals surface area contributed by atoms with E-state index in [2.05, 4.69) is 24.3 Å². The number of benzene rings is 4. The van der Waals surface area contributed by atoms with Crippen molar-refractivity contribution in [2.75, 3.05) is 42.1 Å². The van der Waals surface area contributed by atoms with Gasteiger partial charge in [-0.25, -0.2) is 0 Å². The maximum Gasteiger partial charge on any atom is 0.161 e. The maximum absolute atomic E-state index is 5.65. The Bertz CT molecular complexity index is 1440. The van der Waals surface area contributed by atoms with Crippen LogP contribution in [0.5, 0.6) is 28.7 Å². The quantitative estimate of drug-likeness (QED) is 0.362. The van der Waals surface area contributed by atoms with E-state index in [1.54, 1.807) is 35.5 Å². The Balaban J connectivity index is 1.85. The molecule has 0 atom stereocenters. The van der Waals surface area contributed by atoms with Gasteiger partial charge in [-0.3, -0.25) is 4.99 Å². The van der Waals surface area contributed by atoms with Crippen molar-refractivity contribution < 1.29 is 23.7 Å². The normalized spacial score (nSPS) is 12.8. The molecule has 0 spiro atoms. The molecular formula is C28H27NO5. The Labute approximate surface area is 198 Å². The first-order valence-corrected chi connectivity index (χ1v) is 11.1. The van der Waals surface area contributed by atoms with Gasteiger partial charge >= 0.3 is 0 Å². The highest BCUT2D eigenvalue weighted by Gasteiger charge is 2.23. The zero-order valence-corrected chi connectivity index (χ0v) is 20.0. The third-order valence-corrected chi connectivity index (χ3v) is 6.44. The third kappa shape index (κ3) is 3.46. The molecule has 0 saturated carbocycles. The average Bonchev–Trinajstić information content (AvgIpc) is 2.90. The lowest BCUT2D eigenvalue weighted by molar-refractivity contribution is 0.354. The van der Waals surface area contributed by atoms with Crippen LogP contribution in [0.25, 0.3) is 21.5 Å². The molecule has 0 aliphatic carbocycles.